The van der Waals surface area contributed by atoms with Gasteiger partial charge in [0.25, 0.3) is 0 Å². The summed E-state index contributed by atoms with van der Waals surface area (Å²) in [5.41, 5.74) is -0.811. The number of nitrogens with one attached hydrogen (secondary N) is 1. The Morgan fingerprint density at radius 2 is 2.09 bits per heavy atom. The van der Waals surface area contributed by atoms with Gasteiger partial charge in [-0.05, 0) is 6.07 Å². The van der Waals surface area contributed by atoms with Crippen LogP contribution < -0.4 is 4.72 Å². The third-order valence-corrected chi connectivity index (χ3v) is 4.40. The predicted octanol–water partition coefficient (Wildman–Crippen LogP) is 2.04. The van der Waals surface area contributed by atoms with Gasteiger partial charge in [0.05, 0.1) is 16.8 Å². The maximum absolute atomic E-state index is 12.8. The second-order valence-corrected chi connectivity index (χ2v) is 7.57. The summed E-state index contributed by atoms with van der Waals surface area (Å²) in [6.45, 7) is 0.116. The molecule has 0 aliphatic rings. The van der Waals surface area contributed by atoms with E-state index in [0.29, 0.717) is 0 Å². The zero-order valence-electron chi connectivity index (χ0n) is 11.1. The van der Waals surface area contributed by atoms with Crippen molar-refractivity contribution in [3.63, 3.8) is 0 Å². The minimum absolute atomic E-state index is 0.105. The number of fused-ring (bicyclic) bond motifs is 1. The summed E-state index contributed by atoms with van der Waals surface area (Å²) in [5.74, 6) is 0.279. The number of sulfonamides is 1. The highest BCUT2D eigenvalue weighted by molar-refractivity contribution is 7.99. The Balaban J connectivity index is 2.22. The molecule has 22 heavy (non-hydrogen) atoms. The van der Waals surface area contributed by atoms with E-state index in [-0.39, 0.29) is 28.1 Å². The second kappa shape index (κ2) is 6.22. The van der Waals surface area contributed by atoms with Gasteiger partial charge in [0.1, 0.15) is 0 Å². The van der Waals surface area contributed by atoms with Crippen LogP contribution >= 0.6 is 23.4 Å². The smallest absolute Gasteiger partial charge is 0.276 e. The average Bonchev–Trinajstić information content (AvgIpc) is 2.76. The highest BCUT2D eigenvalue weighted by atomic mass is 35.5. The Kier molecular flexibility index (Phi) is 4.90. The molecule has 0 aliphatic heterocycles. The Labute approximate surface area is 133 Å². The number of nitrogens with zero attached hydrogens (tertiary/aromatic N) is 3. The van der Waals surface area contributed by atoms with Gasteiger partial charge in [-0.15, -0.1) is 10.2 Å². The first-order valence-electron chi connectivity index (χ1n) is 5.77. The standard InChI is InChI=1S/C10H10ClF3N4O2S2/c1-22(19,20)15-2-3-21-9-17-16-8-7(11)4-6(5-18(8)9)10(12,13)14/h4-5,15H,2-3H2,1H3. The van der Waals surface area contributed by atoms with E-state index in [1.165, 1.54) is 0 Å². The highest BCUT2D eigenvalue weighted by Gasteiger charge is 2.32. The monoisotopic (exact) mass is 374 g/mol. The molecule has 2 aromatic heterocycles. The lowest BCUT2D eigenvalue weighted by Gasteiger charge is -2.08. The van der Waals surface area contributed by atoms with Crippen LogP contribution in [0, 0.1) is 0 Å². The van der Waals surface area contributed by atoms with Crippen molar-refractivity contribution in [2.24, 2.45) is 0 Å². The van der Waals surface area contributed by atoms with Crippen LogP contribution in [0.1, 0.15) is 5.56 Å². The van der Waals surface area contributed by atoms with Crippen molar-refractivity contribution in [3.05, 3.63) is 22.8 Å². The Bertz CT molecular complexity index is 791. The molecule has 0 saturated carbocycles. The normalized spacial score (nSPS) is 13.0. The van der Waals surface area contributed by atoms with Crippen molar-refractivity contribution in [3.8, 4) is 0 Å². The lowest BCUT2D eigenvalue weighted by Crippen LogP contribution is -2.24. The van der Waals surface area contributed by atoms with Gasteiger partial charge in [0.2, 0.25) is 10.0 Å². The minimum Gasteiger partial charge on any atom is -0.276 e. The summed E-state index contributed by atoms with van der Waals surface area (Å²) >= 11 is 6.84. The predicted molar refractivity (Wildman–Crippen MR) is 76.6 cm³/mol. The molecule has 0 fully saturated rings. The van der Waals surface area contributed by atoms with E-state index >= 15 is 0 Å². The fraction of sp³-hybridized carbons (Fsp3) is 0.400. The Morgan fingerprint density at radius 3 is 2.68 bits per heavy atom. The van der Waals surface area contributed by atoms with Gasteiger partial charge in [0.15, 0.2) is 10.8 Å². The fourth-order valence-corrected chi connectivity index (χ4v) is 3.17. The molecule has 6 nitrogen and oxygen atoms in total. The fourth-order valence-electron chi connectivity index (χ4n) is 1.56. The minimum atomic E-state index is -4.54. The molecule has 0 aromatic carbocycles. The number of thioether (sulfide) groups is 1. The van der Waals surface area contributed by atoms with Crippen molar-refractivity contribution >= 4 is 39.0 Å². The van der Waals surface area contributed by atoms with Crippen LogP contribution in [0.2, 0.25) is 5.02 Å². The van der Waals surface area contributed by atoms with Crippen LogP contribution in [0.5, 0.6) is 0 Å². The van der Waals surface area contributed by atoms with E-state index in [1.54, 1.807) is 0 Å². The van der Waals surface area contributed by atoms with E-state index < -0.39 is 21.8 Å². The zero-order valence-corrected chi connectivity index (χ0v) is 13.4. The quantitative estimate of drug-likeness (QED) is 0.640. The molecule has 0 radical (unpaired) electrons. The Morgan fingerprint density at radius 1 is 1.41 bits per heavy atom. The average molecular weight is 375 g/mol. The lowest BCUT2D eigenvalue weighted by atomic mass is 10.3. The van der Waals surface area contributed by atoms with Gasteiger partial charge >= 0.3 is 6.18 Å². The first kappa shape index (κ1) is 17.3. The van der Waals surface area contributed by atoms with Gasteiger partial charge in [-0.3, -0.25) is 4.40 Å². The number of rotatable bonds is 5. The summed E-state index contributed by atoms with van der Waals surface area (Å²) in [6.07, 6.45) is -2.67. The van der Waals surface area contributed by atoms with Crippen LogP contribution in [0.4, 0.5) is 13.2 Å². The molecule has 0 aliphatic carbocycles. The molecule has 0 amide bonds. The molecule has 2 aromatic rings. The van der Waals surface area contributed by atoms with Gasteiger partial charge in [-0.1, -0.05) is 23.4 Å². The summed E-state index contributed by atoms with van der Waals surface area (Å²) in [4.78, 5) is 0. The zero-order chi connectivity index (χ0) is 16.5. The van der Waals surface area contributed by atoms with Crippen LogP contribution in [0.15, 0.2) is 17.4 Å². The molecule has 12 heteroatoms. The van der Waals surface area contributed by atoms with E-state index in [2.05, 4.69) is 14.9 Å². The van der Waals surface area contributed by atoms with Gasteiger partial charge in [-0.2, -0.15) is 13.2 Å². The van der Waals surface area contributed by atoms with E-state index in [4.69, 9.17) is 11.6 Å². The molecule has 0 atom stereocenters. The SMILES string of the molecule is CS(=O)(=O)NCCSc1nnc2c(Cl)cc(C(F)(F)F)cn12. The van der Waals surface area contributed by atoms with Crippen molar-refractivity contribution in [2.75, 3.05) is 18.6 Å². The highest BCUT2D eigenvalue weighted by Crippen LogP contribution is 2.33. The number of aromatic nitrogens is 3. The summed E-state index contributed by atoms with van der Waals surface area (Å²) in [5, 5.41) is 7.51. The molecular weight excluding hydrogens is 365 g/mol. The molecule has 1 N–H and O–H groups in total. The maximum Gasteiger partial charge on any atom is 0.417 e. The van der Waals surface area contributed by atoms with Crippen molar-refractivity contribution in [1.82, 2.24) is 19.3 Å². The maximum atomic E-state index is 12.8. The molecule has 0 bridgehead atoms. The number of hydrogen-bond acceptors (Lipinski definition) is 5. The molecule has 0 saturated heterocycles. The van der Waals surface area contributed by atoms with Crippen molar-refractivity contribution in [2.45, 2.75) is 11.3 Å². The molecule has 0 spiro atoms. The van der Waals surface area contributed by atoms with E-state index in [1.807, 2.05) is 0 Å². The molecule has 2 heterocycles. The third-order valence-electron chi connectivity index (χ3n) is 2.45. The molecule has 0 unspecified atom stereocenters. The second-order valence-electron chi connectivity index (χ2n) is 4.27. The van der Waals surface area contributed by atoms with Crippen LogP contribution in [0.3, 0.4) is 0 Å². The van der Waals surface area contributed by atoms with Gasteiger partial charge in [0, 0.05) is 18.5 Å². The molecule has 2 rings (SSSR count). The van der Waals surface area contributed by atoms with Crippen LogP contribution in [-0.4, -0.2) is 41.6 Å². The van der Waals surface area contributed by atoms with Crippen molar-refractivity contribution in [1.29, 1.82) is 0 Å². The number of hydrogen-bond donors (Lipinski definition) is 1. The lowest BCUT2D eigenvalue weighted by molar-refractivity contribution is -0.137. The molecule has 122 valence electrons. The van der Waals surface area contributed by atoms with Gasteiger partial charge in [-0.25, -0.2) is 13.1 Å². The number of alkyl halides is 3. The van der Waals surface area contributed by atoms with E-state index in [9.17, 15) is 21.6 Å². The largest absolute Gasteiger partial charge is 0.417 e. The first-order chi connectivity index (χ1) is 10.1. The Hall–Kier alpha value is -1.04. The molecular formula is C10H10ClF3N4O2S2. The third kappa shape index (κ3) is 4.24. The summed E-state index contributed by atoms with van der Waals surface area (Å²) < 4.78 is 63.5. The number of pyridine rings is 1. The van der Waals surface area contributed by atoms with Crippen LogP contribution in [-0.2, 0) is 16.2 Å². The van der Waals surface area contributed by atoms with Crippen molar-refractivity contribution < 1.29 is 21.6 Å². The summed E-state index contributed by atoms with van der Waals surface area (Å²) in [7, 11) is -3.32. The summed E-state index contributed by atoms with van der Waals surface area (Å²) in [6, 6.07) is 0.783. The number of halogens is 4. The van der Waals surface area contributed by atoms with Crippen LogP contribution in [0.25, 0.3) is 5.65 Å². The van der Waals surface area contributed by atoms with Gasteiger partial charge < -0.3 is 0 Å². The van der Waals surface area contributed by atoms with E-state index in [0.717, 1.165) is 34.7 Å². The first-order valence-corrected chi connectivity index (χ1v) is 9.02. The topological polar surface area (TPSA) is 76.4 Å².